The van der Waals surface area contributed by atoms with Gasteiger partial charge in [-0.15, -0.1) is 0 Å². The zero-order valence-corrected chi connectivity index (χ0v) is 21.5. The van der Waals surface area contributed by atoms with Gasteiger partial charge in [0.25, 0.3) is 5.60 Å². The quantitative estimate of drug-likeness (QED) is 0.250. The fourth-order valence-corrected chi connectivity index (χ4v) is 4.50. The minimum Gasteiger partial charge on any atom is -0.369 e. The van der Waals surface area contributed by atoms with Crippen molar-refractivity contribution in [1.82, 2.24) is 10.2 Å². The largest absolute Gasteiger partial charge is 0.430 e. The second-order valence-corrected chi connectivity index (χ2v) is 10.0. The van der Waals surface area contributed by atoms with Gasteiger partial charge in [0.1, 0.15) is 11.6 Å². The van der Waals surface area contributed by atoms with Gasteiger partial charge in [0, 0.05) is 24.7 Å². The number of hydrogen-bond donors (Lipinski definition) is 3. The van der Waals surface area contributed by atoms with E-state index >= 15 is 0 Å². The lowest BCUT2D eigenvalue weighted by Gasteiger charge is -2.33. The summed E-state index contributed by atoms with van der Waals surface area (Å²) in [5.41, 5.74) is -5.31. The maximum absolute atomic E-state index is 14.7. The smallest absolute Gasteiger partial charge is 0.369 e. The lowest BCUT2D eigenvalue weighted by atomic mass is 9.89. The number of anilines is 1. The Balaban J connectivity index is 1.56. The predicted octanol–water partition coefficient (Wildman–Crippen LogP) is 6.43. The molecule has 1 fully saturated rings. The molecule has 3 N–H and O–H groups in total. The third-order valence-electron chi connectivity index (χ3n) is 6.75. The SMILES string of the molecule is C=C(C)CNC(=O)Nc1cc(F)c(CC2CCN(Cc3ccc(C(O)(C(F)(F)F)C(F)(F)F)cc3)CC2)cc1F. The van der Waals surface area contributed by atoms with Crippen LogP contribution in [0.5, 0.6) is 0 Å². The lowest BCUT2D eigenvalue weighted by molar-refractivity contribution is -0.376. The molecule has 13 heteroatoms. The first-order valence-corrected chi connectivity index (χ1v) is 12.4. The van der Waals surface area contributed by atoms with Crippen molar-refractivity contribution in [2.75, 3.05) is 25.0 Å². The summed E-state index contributed by atoms with van der Waals surface area (Å²) in [6.07, 6.45) is -10.4. The average Bonchev–Trinajstić information content (AvgIpc) is 2.85. The predicted molar refractivity (Wildman–Crippen MR) is 132 cm³/mol. The highest BCUT2D eigenvalue weighted by Crippen LogP contribution is 2.50. The van der Waals surface area contributed by atoms with Crippen molar-refractivity contribution in [3.8, 4) is 0 Å². The van der Waals surface area contributed by atoms with E-state index in [1.54, 1.807) is 6.92 Å². The first-order valence-electron chi connectivity index (χ1n) is 12.4. The molecular formula is C27H29F8N3O2. The molecule has 0 unspecified atom stereocenters. The van der Waals surface area contributed by atoms with Crippen LogP contribution in [-0.4, -0.2) is 48.0 Å². The van der Waals surface area contributed by atoms with Gasteiger partial charge in [-0.3, -0.25) is 4.90 Å². The lowest BCUT2D eigenvalue weighted by Crippen LogP contribution is -2.53. The van der Waals surface area contributed by atoms with Crippen molar-refractivity contribution in [1.29, 1.82) is 0 Å². The van der Waals surface area contributed by atoms with Crippen LogP contribution in [0.3, 0.4) is 0 Å². The number of rotatable bonds is 8. The number of piperidine rings is 1. The van der Waals surface area contributed by atoms with E-state index in [9.17, 15) is 45.0 Å². The van der Waals surface area contributed by atoms with E-state index in [1.807, 2.05) is 4.90 Å². The van der Waals surface area contributed by atoms with Crippen molar-refractivity contribution in [3.63, 3.8) is 0 Å². The van der Waals surface area contributed by atoms with Gasteiger partial charge in [0.15, 0.2) is 0 Å². The molecule has 0 radical (unpaired) electrons. The number of carbonyl (C=O) groups excluding carboxylic acids is 1. The maximum atomic E-state index is 14.7. The van der Waals surface area contributed by atoms with Gasteiger partial charge in [0.2, 0.25) is 0 Å². The van der Waals surface area contributed by atoms with E-state index in [0.717, 1.165) is 24.3 Å². The molecular weight excluding hydrogens is 550 g/mol. The number of carbonyl (C=O) groups is 1. The van der Waals surface area contributed by atoms with E-state index in [2.05, 4.69) is 17.2 Å². The number of nitrogens with one attached hydrogen (secondary N) is 2. The minimum absolute atomic E-state index is 0.0128. The summed E-state index contributed by atoms with van der Waals surface area (Å²) in [6.45, 7) is 6.79. The number of amides is 2. The van der Waals surface area contributed by atoms with E-state index in [0.29, 0.717) is 49.2 Å². The topological polar surface area (TPSA) is 64.6 Å². The number of likely N-dealkylation sites (tertiary alicyclic amines) is 1. The Labute approximate surface area is 225 Å². The number of benzene rings is 2. The van der Waals surface area contributed by atoms with E-state index in [-0.39, 0.29) is 36.7 Å². The number of nitrogens with zero attached hydrogens (tertiary/aromatic N) is 1. The zero-order valence-electron chi connectivity index (χ0n) is 21.5. The molecule has 2 aromatic carbocycles. The number of halogens is 8. The van der Waals surface area contributed by atoms with Gasteiger partial charge in [-0.25, -0.2) is 13.6 Å². The van der Waals surface area contributed by atoms with Crippen LogP contribution in [0.25, 0.3) is 0 Å². The Hall–Kier alpha value is -3.19. The molecule has 0 aliphatic carbocycles. The number of hydrogen-bond acceptors (Lipinski definition) is 3. The Morgan fingerprint density at radius 2 is 1.57 bits per heavy atom. The molecule has 2 amide bonds. The van der Waals surface area contributed by atoms with Crippen LogP contribution in [0.4, 0.5) is 45.6 Å². The summed E-state index contributed by atoms with van der Waals surface area (Å²) in [6, 6.07) is 4.70. The number of urea groups is 1. The van der Waals surface area contributed by atoms with E-state index < -0.39 is 41.2 Å². The maximum Gasteiger partial charge on any atom is 0.430 e. The third kappa shape index (κ3) is 7.30. The van der Waals surface area contributed by atoms with Crippen molar-refractivity contribution in [2.45, 2.75) is 50.7 Å². The van der Waals surface area contributed by atoms with E-state index in [4.69, 9.17) is 0 Å². The van der Waals surface area contributed by atoms with Crippen LogP contribution in [0.2, 0.25) is 0 Å². The molecule has 1 heterocycles. The normalized spacial score (nSPS) is 15.7. The number of alkyl halides is 6. The molecule has 220 valence electrons. The fraction of sp³-hybridized carbons (Fsp3) is 0.444. The molecule has 1 aliphatic rings. The highest BCUT2D eigenvalue weighted by atomic mass is 19.4. The van der Waals surface area contributed by atoms with Crippen LogP contribution >= 0.6 is 0 Å². The van der Waals surface area contributed by atoms with Gasteiger partial charge in [-0.1, -0.05) is 36.4 Å². The molecule has 0 aromatic heterocycles. The van der Waals surface area contributed by atoms with Crippen molar-refractivity contribution in [3.05, 3.63) is 76.9 Å². The first kappa shape index (κ1) is 31.3. The van der Waals surface area contributed by atoms with Crippen LogP contribution < -0.4 is 10.6 Å². The monoisotopic (exact) mass is 579 g/mol. The van der Waals surface area contributed by atoms with Crippen molar-refractivity contribution >= 4 is 11.7 Å². The van der Waals surface area contributed by atoms with Gasteiger partial charge < -0.3 is 15.7 Å². The number of aliphatic hydroxyl groups is 1. The van der Waals surface area contributed by atoms with Gasteiger partial charge in [0.05, 0.1) is 5.69 Å². The molecule has 0 atom stereocenters. The Morgan fingerprint density at radius 1 is 1.00 bits per heavy atom. The highest BCUT2D eigenvalue weighted by molar-refractivity contribution is 5.89. The fourth-order valence-electron chi connectivity index (χ4n) is 4.50. The van der Waals surface area contributed by atoms with Gasteiger partial charge >= 0.3 is 18.4 Å². The van der Waals surface area contributed by atoms with Crippen molar-refractivity contribution < 1.29 is 45.0 Å². The Morgan fingerprint density at radius 3 is 2.10 bits per heavy atom. The van der Waals surface area contributed by atoms with Gasteiger partial charge in [-0.2, -0.15) is 26.3 Å². The standard InChI is InChI=1S/C27H29F8N3O2/c1-16(2)14-36-24(39)37-23-13-21(28)19(12-22(23)29)11-17-7-9-38(10-8-17)15-18-3-5-20(6-4-18)25(40,26(30,31)32)27(33,34)35/h3-6,12-13,17,40H,1,7-11,14-15H2,2H3,(H2,36,37,39). The minimum atomic E-state index is -5.95. The molecule has 0 bridgehead atoms. The molecule has 0 saturated carbocycles. The molecule has 1 aliphatic heterocycles. The van der Waals surface area contributed by atoms with Gasteiger partial charge in [-0.05, 0) is 62.4 Å². The molecule has 3 rings (SSSR count). The van der Waals surface area contributed by atoms with Crippen LogP contribution in [-0.2, 0) is 18.6 Å². The summed E-state index contributed by atoms with van der Waals surface area (Å²) in [7, 11) is 0. The molecule has 40 heavy (non-hydrogen) atoms. The summed E-state index contributed by atoms with van der Waals surface area (Å²) < 4.78 is 108. The average molecular weight is 580 g/mol. The second-order valence-electron chi connectivity index (χ2n) is 10.0. The molecule has 0 spiro atoms. The molecule has 5 nitrogen and oxygen atoms in total. The Kier molecular flexibility index (Phi) is 9.50. The van der Waals surface area contributed by atoms with Crippen LogP contribution in [0.1, 0.15) is 36.5 Å². The van der Waals surface area contributed by atoms with Crippen LogP contribution in [0, 0.1) is 17.6 Å². The Bertz CT molecular complexity index is 1190. The summed E-state index contributed by atoms with van der Waals surface area (Å²) in [4.78, 5) is 13.8. The summed E-state index contributed by atoms with van der Waals surface area (Å²) in [5, 5.41) is 14.2. The zero-order chi connectivity index (χ0) is 29.9. The van der Waals surface area contributed by atoms with Crippen LogP contribution in [0.15, 0.2) is 48.6 Å². The summed E-state index contributed by atoms with van der Waals surface area (Å²) in [5.74, 6) is -1.44. The third-order valence-corrected chi connectivity index (χ3v) is 6.75. The first-order chi connectivity index (χ1) is 18.5. The summed E-state index contributed by atoms with van der Waals surface area (Å²) >= 11 is 0. The molecule has 1 saturated heterocycles. The highest BCUT2D eigenvalue weighted by Gasteiger charge is 2.71. The molecule has 2 aromatic rings. The second kappa shape index (κ2) is 12.1. The van der Waals surface area contributed by atoms with E-state index in [1.165, 1.54) is 0 Å². The van der Waals surface area contributed by atoms with Crippen molar-refractivity contribution in [2.24, 2.45) is 5.92 Å².